The molecule has 9 nitrogen and oxygen atoms in total. The van der Waals surface area contributed by atoms with Crippen LogP contribution in [-0.4, -0.2) is 22.5 Å². The molecule has 0 spiro atoms. The zero-order valence-corrected chi connectivity index (χ0v) is 10.7. The fraction of sp³-hybridized carbons (Fsp3) is 0.300. The van der Waals surface area contributed by atoms with Gasteiger partial charge in [0, 0.05) is 24.2 Å². The van der Waals surface area contributed by atoms with E-state index in [0.29, 0.717) is 13.0 Å². The van der Waals surface area contributed by atoms with Crippen molar-refractivity contribution < 1.29 is 19.2 Å². The van der Waals surface area contributed by atoms with Crippen LogP contribution in [-0.2, 0) is 4.79 Å². The molecular weight excluding hydrogens is 292 g/mol. The molecule has 0 saturated carbocycles. The third-order valence-corrected chi connectivity index (χ3v) is 3.40. The molecule has 10 heteroatoms. The van der Waals surface area contributed by atoms with Crippen LogP contribution in [0.1, 0.15) is 12.8 Å². The smallest absolute Gasteiger partial charge is 0.316 e. The van der Waals surface area contributed by atoms with Crippen LogP contribution in [0, 0.1) is 15.3 Å². The molecule has 1 aromatic heterocycles. The van der Waals surface area contributed by atoms with Gasteiger partial charge in [-0.05, 0) is 11.3 Å². The number of nitrogens with zero attached hydrogens (tertiary/aromatic N) is 4. The van der Waals surface area contributed by atoms with Gasteiger partial charge in [-0.25, -0.2) is 0 Å². The molecule has 104 valence electrons. The summed E-state index contributed by atoms with van der Waals surface area (Å²) in [6.07, 6.45) is 0.847. The van der Waals surface area contributed by atoms with Crippen molar-refractivity contribution in [3.63, 3.8) is 0 Å². The molecule has 1 aliphatic rings. The van der Waals surface area contributed by atoms with Gasteiger partial charge in [0.25, 0.3) is 5.52 Å². The first-order valence-electron chi connectivity index (χ1n) is 5.67. The number of amides is 1. The SMILES string of the molecule is O=C1CCCN1c1c([N+](=O)[O-])c(Cl)cc2c1no[n+]2[O-]. The third-order valence-electron chi connectivity index (χ3n) is 3.11. The molecule has 1 aliphatic heterocycles. The van der Waals surface area contributed by atoms with Gasteiger partial charge >= 0.3 is 5.69 Å². The Hall–Kier alpha value is -2.42. The van der Waals surface area contributed by atoms with Crippen LogP contribution in [0.4, 0.5) is 11.4 Å². The molecule has 2 aromatic rings. The molecule has 0 bridgehead atoms. The van der Waals surface area contributed by atoms with Crippen LogP contribution in [0.5, 0.6) is 0 Å². The standard InChI is InChI=1S/C10H7ClN4O5/c11-5-4-6-8(12-20-15(6)19)10(9(5)14(17)18)13-3-1-2-7(13)16/h4H,1-3H2. The lowest BCUT2D eigenvalue weighted by atomic mass is 10.2. The first kappa shape index (κ1) is 12.6. The van der Waals surface area contributed by atoms with E-state index in [1.807, 2.05) is 0 Å². The van der Waals surface area contributed by atoms with Crippen molar-refractivity contribution in [3.05, 3.63) is 26.4 Å². The molecule has 2 heterocycles. The molecule has 0 N–H and O–H groups in total. The highest BCUT2D eigenvalue weighted by molar-refractivity contribution is 6.34. The lowest BCUT2D eigenvalue weighted by molar-refractivity contribution is -0.782. The van der Waals surface area contributed by atoms with E-state index in [1.54, 1.807) is 0 Å². The first-order chi connectivity index (χ1) is 9.50. The maximum atomic E-state index is 11.8. The number of rotatable bonds is 2. The molecule has 1 aromatic carbocycles. The summed E-state index contributed by atoms with van der Waals surface area (Å²) in [5, 5.41) is 25.9. The average molecular weight is 299 g/mol. The minimum Gasteiger partial charge on any atom is -0.359 e. The number of carbonyl (C=O) groups is 1. The van der Waals surface area contributed by atoms with Crippen LogP contribution in [0.15, 0.2) is 10.7 Å². The lowest BCUT2D eigenvalue weighted by Gasteiger charge is -2.14. The van der Waals surface area contributed by atoms with Crippen LogP contribution in [0.2, 0.25) is 5.02 Å². The summed E-state index contributed by atoms with van der Waals surface area (Å²) in [4.78, 5) is 23.6. The lowest BCUT2D eigenvalue weighted by Crippen LogP contribution is -2.26. The number of hydrogen-bond acceptors (Lipinski definition) is 6. The Morgan fingerprint density at radius 3 is 2.90 bits per heavy atom. The van der Waals surface area contributed by atoms with Crippen molar-refractivity contribution in [2.24, 2.45) is 0 Å². The monoisotopic (exact) mass is 298 g/mol. The van der Waals surface area contributed by atoms with Gasteiger partial charge < -0.3 is 10.1 Å². The minimum atomic E-state index is -0.702. The van der Waals surface area contributed by atoms with Crippen molar-refractivity contribution in [2.45, 2.75) is 12.8 Å². The first-order valence-corrected chi connectivity index (χ1v) is 6.05. The number of halogens is 1. The Balaban J connectivity index is 2.38. The van der Waals surface area contributed by atoms with Gasteiger partial charge in [0.15, 0.2) is 5.69 Å². The zero-order valence-electron chi connectivity index (χ0n) is 9.91. The van der Waals surface area contributed by atoms with E-state index >= 15 is 0 Å². The highest BCUT2D eigenvalue weighted by atomic mass is 35.5. The van der Waals surface area contributed by atoms with Gasteiger partial charge in [0.1, 0.15) is 5.02 Å². The van der Waals surface area contributed by atoms with Crippen LogP contribution >= 0.6 is 11.6 Å². The molecule has 1 saturated heterocycles. The van der Waals surface area contributed by atoms with E-state index in [0.717, 1.165) is 6.07 Å². The number of benzene rings is 1. The van der Waals surface area contributed by atoms with Crippen molar-refractivity contribution in [1.29, 1.82) is 0 Å². The Morgan fingerprint density at radius 2 is 2.30 bits per heavy atom. The molecule has 1 fully saturated rings. The number of anilines is 1. The number of carbonyl (C=O) groups excluding carboxylic acids is 1. The van der Waals surface area contributed by atoms with Crippen molar-refractivity contribution >= 4 is 39.9 Å². The second-order valence-electron chi connectivity index (χ2n) is 4.26. The molecule has 0 atom stereocenters. The molecular formula is C10H7ClN4O5. The third kappa shape index (κ3) is 1.67. The summed E-state index contributed by atoms with van der Waals surface area (Å²) in [6.45, 7) is 0.306. The predicted octanol–water partition coefficient (Wildman–Crippen LogP) is 1.15. The number of fused-ring (bicyclic) bond motifs is 1. The van der Waals surface area contributed by atoms with Crippen LogP contribution < -0.4 is 9.80 Å². The van der Waals surface area contributed by atoms with Gasteiger partial charge in [-0.2, -0.15) is 0 Å². The molecule has 0 radical (unpaired) electrons. The van der Waals surface area contributed by atoms with Gasteiger partial charge in [-0.3, -0.25) is 19.5 Å². The number of aromatic nitrogens is 2. The van der Waals surface area contributed by atoms with Crippen molar-refractivity contribution in [2.75, 3.05) is 11.4 Å². The van der Waals surface area contributed by atoms with Gasteiger partial charge in [0.05, 0.1) is 4.92 Å². The largest absolute Gasteiger partial charge is 0.359 e. The summed E-state index contributed by atoms with van der Waals surface area (Å²) in [5.41, 5.74) is -0.650. The summed E-state index contributed by atoms with van der Waals surface area (Å²) < 4.78 is 4.43. The fourth-order valence-corrected chi connectivity index (χ4v) is 2.53. The Kier molecular flexibility index (Phi) is 2.71. The van der Waals surface area contributed by atoms with Gasteiger partial charge in [0.2, 0.25) is 11.4 Å². The number of nitro benzene ring substituents is 1. The van der Waals surface area contributed by atoms with Gasteiger partial charge in [-0.15, -0.1) is 0 Å². The highest BCUT2D eigenvalue weighted by Gasteiger charge is 2.36. The summed E-state index contributed by atoms with van der Waals surface area (Å²) in [6, 6.07) is 1.10. The highest BCUT2D eigenvalue weighted by Crippen LogP contribution is 2.41. The quantitative estimate of drug-likeness (QED) is 0.466. The van der Waals surface area contributed by atoms with E-state index in [1.165, 1.54) is 4.90 Å². The summed E-state index contributed by atoms with van der Waals surface area (Å²) >= 11 is 5.86. The molecule has 0 aliphatic carbocycles. The second kappa shape index (κ2) is 4.30. The normalized spacial score (nSPS) is 15.2. The number of nitro groups is 1. The maximum absolute atomic E-state index is 11.8. The van der Waals surface area contributed by atoms with E-state index in [9.17, 15) is 20.1 Å². The summed E-state index contributed by atoms with van der Waals surface area (Å²) in [7, 11) is 0. The fourth-order valence-electron chi connectivity index (χ4n) is 2.27. The zero-order chi connectivity index (χ0) is 14.4. The second-order valence-corrected chi connectivity index (χ2v) is 4.67. The van der Waals surface area contributed by atoms with E-state index < -0.39 is 10.6 Å². The Bertz CT molecular complexity index is 743. The summed E-state index contributed by atoms with van der Waals surface area (Å²) in [5.74, 6) is -0.280. The molecule has 1 amide bonds. The molecule has 20 heavy (non-hydrogen) atoms. The number of hydrogen-bond donors (Lipinski definition) is 0. The Labute approximate surface area is 116 Å². The topological polar surface area (TPSA) is 116 Å². The molecule has 0 unspecified atom stereocenters. The van der Waals surface area contributed by atoms with E-state index in [2.05, 4.69) is 9.79 Å². The van der Waals surface area contributed by atoms with Crippen LogP contribution in [0.25, 0.3) is 11.0 Å². The average Bonchev–Trinajstić information content (AvgIpc) is 2.95. The van der Waals surface area contributed by atoms with E-state index in [4.69, 9.17) is 11.6 Å². The molecule has 3 rings (SSSR count). The van der Waals surface area contributed by atoms with Gasteiger partial charge in [-0.1, -0.05) is 11.6 Å². The maximum Gasteiger partial charge on any atom is 0.316 e. The van der Waals surface area contributed by atoms with Crippen molar-refractivity contribution in [1.82, 2.24) is 5.16 Å². The van der Waals surface area contributed by atoms with E-state index in [-0.39, 0.29) is 39.0 Å². The minimum absolute atomic E-state index is 0.0497. The van der Waals surface area contributed by atoms with Crippen LogP contribution in [0.3, 0.4) is 0 Å². The van der Waals surface area contributed by atoms with Crippen molar-refractivity contribution in [3.8, 4) is 0 Å². The predicted molar refractivity (Wildman–Crippen MR) is 66.2 cm³/mol. The Morgan fingerprint density at radius 1 is 1.55 bits per heavy atom.